The first-order chi connectivity index (χ1) is 14.0. The molecule has 0 spiro atoms. The molecule has 5 heteroatoms. The van der Waals surface area contributed by atoms with Gasteiger partial charge in [0.05, 0.1) is 0 Å². The zero-order valence-corrected chi connectivity index (χ0v) is 18.5. The third-order valence-electron chi connectivity index (χ3n) is 5.61. The van der Waals surface area contributed by atoms with E-state index in [9.17, 15) is 9.59 Å². The molecule has 2 amide bonds. The fourth-order valence-corrected chi connectivity index (χ4v) is 4.36. The summed E-state index contributed by atoms with van der Waals surface area (Å²) in [6, 6.07) is 19.7. The van der Waals surface area contributed by atoms with E-state index >= 15 is 0 Å². The van der Waals surface area contributed by atoms with Crippen LogP contribution in [0.3, 0.4) is 0 Å². The Labute approximate surface area is 184 Å². The molecule has 0 bridgehead atoms. The average molecular weight is 498 g/mol. The minimum absolute atomic E-state index is 0.0434. The molecule has 0 aromatic heterocycles. The van der Waals surface area contributed by atoms with Crippen LogP contribution in [0.4, 0.5) is 5.69 Å². The summed E-state index contributed by atoms with van der Waals surface area (Å²) < 4.78 is 1.14. The first-order valence-electron chi connectivity index (χ1n) is 9.87. The Balaban J connectivity index is 1.40. The number of hydrogen-bond donors (Lipinski definition) is 1. The number of anilines is 1. The van der Waals surface area contributed by atoms with Gasteiger partial charge in [0.25, 0.3) is 5.91 Å². The largest absolute Gasteiger partial charge is 0.339 e. The molecule has 1 saturated heterocycles. The van der Waals surface area contributed by atoms with Crippen LogP contribution in [0.5, 0.6) is 0 Å². The van der Waals surface area contributed by atoms with Crippen molar-refractivity contribution in [2.45, 2.75) is 19.8 Å². The lowest BCUT2D eigenvalue weighted by molar-refractivity contribution is -0.121. The van der Waals surface area contributed by atoms with E-state index in [0.717, 1.165) is 25.6 Å². The van der Waals surface area contributed by atoms with Crippen molar-refractivity contribution >= 4 is 50.9 Å². The highest BCUT2D eigenvalue weighted by Crippen LogP contribution is 2.25. The Kier molecular flexibility index (Phi) is 5.85. The highest BCUT2D eigenvalue weighted by Gasteiger charge is 2.28. The van der Waals surface area contributed by atoms with Crippen LogP contribution in [0.2, 0.25) is 0 Å². The van der Waals surface area contributed by atoms with Gasteiger partial charge in [-0.25, -0.2) is 0 Å². The average Bonchev–Trinajstić information content (AvgIpc) is 2.75. The number of hydrogen-bond acceptors (Lipinski definition) is 2. The van der Waals surface area contributed by atoms with Crippen LogP contribution in [-0.4, -0.2) is 29.8 Å². The molecule has 0 aliphatic carbocycles. The zero-order chi connectivity index (χ0) is 20.4. The number of rotatable bonds is 3. The van der Waals surface area contributed by atoms with Gasteiger partial charge in [-0.3, -0.25) is 9.59 Å². The third kappa shape index (κ3) is 4.29. The SMILES string of the molecule is Cc1ccc(NC(=O)C2CCN(C(=O)c3cccc4ccccc34)CC2)cc1I. The van der Waals surface area contributed by atoms with E-state index in [2.05, 4.69) is 34.8 Å². The van der Waals surface area contributed by atoms with E-state index in [1.54, 1.807) is 0 Å². The van der Waals surface area contributed by atoms with Gasteiger partial charge in [-0.15, -0.1) is 0 Å². The Morgan fingerprint density at radius 2 is 1.72 bits per heavy atom. The minimum Gasteiger partial charge on any atom is -0.339 e. The molecule has 0 unspecified atom stereocenters. The summed E-state index contributed by atoms with van der Waals surface area (Å²) in [6.07, 6.45) is 1.37. The quantitative estimate of drug-likeness (QED) is 0.502. The summed E-state index contributed by atoms with van der Waals surface area (Å²) in [5.74, 6) is 0.0289. The predicted molar refractivity (Wildman–Crippen MR) is 125 cm³/mol. The highest BCUT2D eigenvalue weighted by molar-refractivity contribution is 14.1. The van der Waals surface area contributed by atoms with Crippen molar-refractivity contribution < 1.29 is 9.59 Å². The van der Waals surface area contributed by atoms with Gasteiger partial charge in [-0.2, -0.15) is 0 Å². The maximum absolute atomic E-state index is 13.1. The van der Waals surface area contributed by atoms with Crippen LogP contribution in [0, 0.1) is 16.4 Å². The first-order valence-corrected chi connectivity index (χ1v) is 10.9. The monoisotopic (exact) mass is 498 g/mol. The number of carbonyl (C=O) groups is 2. The molecule has 1 heterocycles. The second kappa shape index (κ2) is 8.53. The van der Waals surface area contributed by atoms with E-state index < -0.39 is 0 Å². The van der Waals surface area contributed by atoms with Crippen LogP contribution in [-0.2, 0) is 4.79 Å². The summed E-state index contributed by atoms with van der Waals surface area (Å²) in [5, 5.41) is 5.08. The maximum atomic E-state index is 13.1. The van der Waals surface area contributed by atoms with Crippen LogP contribution < -0.4 is 5.32 Å². The Morgan fingerprint density at radius 1 is 1.00 bits per heavy atom. The molecule has 3 aromatic carbocycles. The number of piperidine rings is 1. The topological polar surface area (TPSA) is 49.4 Å². The summed E-state index contributed by atoms with van der Waals surface area (Å²) >= 11 is 2.28. The fourth-order valence-electron chi connectivity index (χ4n) is 3.84. The van der Waals surface area contributed by atoms with Crippen molar-refractivity contribution in [3.63, 3.8) is 0 Å². The summed E-state index contributed by atoms with van der Waals surface area (Å²) in [4.78, 5) is 27.6. The van der Waals surface area contributed by atoms with Gasteiger partial charge in [-0.1, -0.05) is 42.5 Å². The lowest BCUT2D eigenvalue weighted by Crippen LogP contribution is -2.41. The Bertz CT molecular complexity index is 1070. The van der Waals surface area contributed by atoms with E-state index in [1.165, 1.54) is 5.56 Å². The summed E-state index contributed by atoms with van der Waals surface area (Å²) in [7, 11) is 0. The number of fused-ring (bicyclic) bond motifs is 1. The molecule has 3 aromatic rings. The molecule has 0 radical (unpaired) electrons. The molecule has 1 N–H and O–H groups in total. The number of aryl methyl sites for hydroxylation is 1. The maximum Gasteiger partial charge on any atom is 0.254 e. The van der Waals surface area contributed by atoms with Gasteiger partial charge >= 0.3 is 0 Å². The molecular formula is C24H23IN2O2. The normalized spacial score (nSPS) is 14.8. The summed E-state index contributed by atoms with van der Waals surface area (Å²) in [5.41, 5.74) is 2.77. The molecular weight excluding hydrogens is 475 g/mol. The molecule has 0 atom stereocenters. The van der Waals surface area contributed by atoms with E-state index in [1.807, 2.05) is 65.6 Å². The number of carbonyl (C=O) groups excluding carboxylic acids is 2. The van der Waals surface area contributed by atoms with Crippen molar-refractivity contribution in [1.82, 2.24) is 4.90 Å². The van der Waals surface area contributed by atoms with Gasteiger partial charge < -0.3 is 10.2 Å². The standard InChI is InChI=1S/C24H23IN2O2/c1-16-9-10-19(15-22(16)25)26-23(28)18-11-13-27(14-12-18)24(29)21-8-4-6-17-5-2-3-7-20(17)21/h2-10,15,18H,11-14H2,1H3,(H,26,28). The fraction of sp³-hybridized carbons (Fsp3) is 0.250. The Morgan fingerprint density at radius 3 is 2.48 bits per heavy atom. The molecule has 1 aliphatic rings. The zero-order valence-electron chi connectivity index (χ0n) is 16.3. The highest BCUT2D eigenvalue weighted by atomic mass is 127. The van der Waals surface area contributed by atoms with Crippen molar-refractivity contribution in [2.24, 2.45) is 5.92 Å². The number of amides is 2. The third-order valence-corrected chi connectivity index (χ3v) is 6.77. The second-order valence-corrected chi connectivity index (χ2v) is 8.71. The molecule has 1 fully saturated rings. The van der Waals surface area contributed by atoms with Gasteiger partial charge in [0.15, 0.2) is 0 Å². The van der Waals surface area contributed by atoms with Gasteiger partial charge in [0.1, 0.15) is 0 Å². The van der Waals surface area contributed by atoms with Crippen molar-refractivity contribution in [1.29, 1.82) is 0 Å². The van der Waals surface area contributed by atoms with Gasteiger partial charge in [-0.05, 0) is 76.9 Å². The number of nitrogens with one attached hydrogen (secondary N) is 1. The molecule has 148 valence electrons. The number of halogens is 1. The molecule has 0 saturated carbocycles. The van der Waals surface area contributed by atoms with Crippen LogP contribution in [0.1, 0.15) is 28.8 Å². The van der Waals surface area contributed by atoms with Gasteiger partial charge in [0.2, 0.25) is 5.91 Å². The minimum atomic E-state index is -0.0643. The van der Waals surface area contributed by atoms with Gasteiger partial charge in [0, 0.05) is 33.8 Å². The van der Waals surface area contributed by atoms with E-state index in [-0.39, 0.29) is 17.7 Å². The van der Waals surface area contributed by atoms with Crippen molar-refractivity contribution in [2.75, 3.05) is 18.4 Å². The molecule has 29 heavy (non-hydrogen) atoms. The lowest BCUT2D eigenvalue weighted by Gasteiger charge is -2.31. The van der Waals surface area contributed by atoms with Crippen molar-refractivity contribution in [3.8, 4) is 0 Å². The van der Waals surface area contributed by atoms with Crippen LogP contribution in [0.25, 0.3) is 10.8 Å². The van der Waals surface area contributed by atoms with E-state index in [0.29, 0.717) is 25.9 Å². The Hall–Kier alpha value is -2.41. The van der Waals surface area contributed by atoms with Crippen LogP contribution in [0.15, 0.2) is 60.7 Å². The summed E-state index contributed by atoms with van der Waals surface area (Å²) in [6.45, 7) is 3.26. The van der Waals surface area contributed by atoms with Crippen LogP contribution >= 0.6 is 22.6 Å². The number of benzene rings is 3. The molecule has 4 rings (SSSR count). The van der Waals surface area contributed by atoms with E-state index in [4.69, 9.17) is 0 Å². The number of likely N-dealkylation sites (tertiary alicyclic amines) is 1. The number of nitrogens with zero attached hydrogens (tertiary/aromatic N) is 1. The lowest BCUT2D eigenvalue weighted by atomic mass is 9.94. The smallest absolute Gasteiger partial charge is 0.254 e. The molecule has 1 aliphatic heterocycles. The second-order valence-electron chi connectivity index (χ2n) is 7.55. The first kappa shape index (κ1) is 19.9. The predicted octanol–water partition coefficient (Wildman–Crippen LogP) is 5.24. The molecule has 4 nitrogen and oxygen atoms in total. The van der Waals surface area contributed by atoms with Crippen molar-refractivity contribution in [3.05, 3.63) is 75.4 Å².